The standard InChI is InChI=1S/C12H14ClN3O4/c1-7-2-3-15(10(7)6-17)12(18)9-4-8(16(19)20)5-14-11(9)13/h4-5,7,10,17H,2-3,6H2,1H3. The number of nitro groups is 1. The molecule has 1 N–H and O–H groups in total. The van der Waals surface area contributed by atoms with Gasteiger partial charge in [-0.25, -0.2) is 4.98 Å². The van der Waals surface area contributed by atoms with Gasteiger partial charge >= 0.3 is 0 Å². The molecule has 0 aliphatic carbocycles. The molecule has 2 rings (SSSR count). The molecule has 1 aliphatic rings. The third kappa shape index (κ3) is 2.59. The van der Waals surface area contributed by atoms with E-state index in [0.29, 0.717) is 6.54 Å². The van der Waals surface area contributed by atoms with Gasteiger partial charge in [0, 0.05) is 12.6 Å². The van der Waals surface area contributed by atoms with Crippen molar-refractivity contribution in [2.24, 2.45) is 5.92 Å². The molecule has 1 saturated heterocycles. The average Bonchev–Trinajstić information content (AvgIpc) is 2.79. The molecule has 1 amide bonds. The highest BCUT2D eigenvalue weighted by Crippen LogP contribution is 2.28. The summed E-state index contributed by atoms with van der Waals surface area (Å²) in [6.45, 7) is 2.29. The van der Waals surface area contributed by atoms with Crippen molar-refractivity contribution in [1.82, 2.24) is 9.88 Å². The number of aliphatic hydroxyl groups excluding tert-OH is 1. The van der Waals surface area contributed by atoms with E-state index in [9.17, 15) is 20.0 Å². The number of aromatic nitrogens is 1. The fourth-order valence-corrected chi connectivity index (χ4v) is 2.56. The lowest BCUT2D eigenvalue weighted by atomic mass is 10.0. The van der Waals surface area contributed by atoms with Crippen LogP contribution >= 0.6 is 11.6 Å². The van der Waals surface area contributed by atoms with Crippen molar-refractivity contribution in [2.45, 2.75) is 19.4 Å². The number of pyridine rings is 1. The van der Waals surface area contributed by atoms with E-state index in [2.05, 4.69) is 4.98 Å². The lowest BCUT2D eigenvalue weighted by Crippen LogP contribution is -2.40. The SMILES string of the molecule is CC1CCN(C(=O)c2cc([N+](=O)[O-])cnc2Cl)C1CO. The Balaban J connectivity index is 2.33. The van der Waals surface area contributed by atoms with Gasteiger partial charge in [0.1, 0.15) is 11.3 Å². The normalized spacial score (nSPS) is 22.1. The minimum absolute atomic E-state index is 0.00610. The van der Waals surface area contributed by atoms with Crippen LogP contribution in [0.15, 0.2) is 12.3 Å². The second-order valence-electron chi connectivity index (χ2n) is 4.80. The van der Waals surface area contributed by atoms with Gasteiger partial charge in [0.2, 0.25) is 0 Å². The van der Waals surface area contributed by atoms with Crippen LogP contribution in [0.4, 0.5) is 5.69 Å². The summed E-state index contributed by atoms with van der Waals surface area (Å²) in [4.78, 5) is 27.7. The molecule has 8 heteroatoms. The van der Waals surface area contributed by atoms with Gasteiger partial charge in [0.25, 0.3) is 11.6 Å². The molecule has 1 fully saturated rings. The Morgan fingerprint density at radius 1 is 1.70 bits per heavy atom. The van der Waals surface area contributed by atoms with Crippen LogP contribution in [0.5, 0.6) is 0 Å². The molecule has 1 aromatic heterocycles. The van der Waals surface area contributed by atoms with Crippen molar-refractivity contribution in [2.75, 3.05) is 13.2 Å². The largest absolute Gasteiger partial charge is 0.394 e. The second kappa shape index (κ2) is 5.72. The molecule has 1 aromatic rings. The van der Waals surface area contributed by atoms with Crippen molar-refractivity contribution >= 4 is 23.2 Å². The van der Waals surface area contributed by atoms with Crippen LogP contribution in [-0.2, 0) is 0 Å². The Hall–Kier alpha value is -1.73. The van der Waals surface area contributed by atoms with Crippen molar-refractivity contribution in [1.29, 1.82) is 0 Å². The minimum Gasteiger partial charge on any atom is -0.394 e. The van der Waals surface area contributed by atoms with E-state index in [1.165, 1.54) is 4.90 Å². The number of carbonyl (C=O) groups is 1. The number of carbonyl (C=O) groups excluding carboxylic acids is 1. The highest BCUT2D eigenvalue weighted by molar-refractivity contribution is 6.32. The Bertz CT molecular complexity index is 552. The van der Waals surface area contributed by atoms with E-state index in [4.69, 9.17) is 11.6 Å². The number of likely N-dealkylation sites (tertiary alicyclic amines) is 1. The molecule has 0 aromatic carbocycles. The minimum atomic E-state index is -0.629. The fraction of sp³-hybridized carbons (Fsp3) is 0.500. The number of halogens is 1. The predicted molar refractivity (Wildman–Crippen MR) is 71.6 cm³/mol. The molecule has 0 radical (unpaired) electrons. The summed E-state index contributed by atoms with van der Waals surface area (Å²) in [7, 11) is 0. The predicted octanol–water partition coefficient (Wildman–Crippen LogP) is 1.49. The smallest absolute Gasteiger partial charge is 0.288 e. The molecule has 2 atom stereocenters. The summed E-state index contributed by atoms with van der Waals surface area (Å²) in [5, 5.41) is 20.0. The molecule has 2 unspecified atom stereocenters. The first kappa shape index (κ1) is 14.7. The second-order valence-corrected chi connectivity index (χ2v) is 5.16. The number of amides is 1. The summed E-state index contributed by atoms with van der Waals surface area (Å²) in [6, 6.07) is 0.826. The topological polar surface area (TPSA) is 96.6 Å². The van der Waals surface area contributed by atoms with Crippen molar-refractivity contribution in [3.63, 3.8) is 0 Å². The van der Waals surface area contributed by atoms with Gasteiger partial charge in [-0.15, -0.1) is 0 Å². The highest BCUT2D eigenvalue weighted by Gasteiger charge is 2.35. The van der Waals surface area contributed by atoms with E-state index in [0.717, 1.165) is 18.7 Å². The van der Waals surface area contributed by atoms with E-state index in [-0.39, 0.29) is 35.0 Å². The van der Waals surface area contributed by atoms with Crippen LogP contribution in [0.2, 0.25) is 5.15 Å². The van der Waals surface area contributed by atoms with Crippen molar-refractivity contribution < 1.29 is 14.8 Å². The quantitative estimate of drug-likeness (QED) is 0.518. The molecule has 0 bridgehead atoms. The molecule has 0 spiro atoms. The van der Waals surface area contributed by atoms with E-state index in [1.807, 2.05) is 6.92 Å². The molecular weight excluding hydrogens is 286 g/mol. The van der Waals surface area contributed by atoms with Crippen molar-refractivity contribution in [3.8, 4) is 0 Å². The van der Waals surface area contributed by atoms with Crippen LogP contribution < -0.4 is 0 Å². The maximum Gasteiger partial charge on any atom is 0.288 e. The number of hydrogen-bond donors (Lipinski definition) is 1. The molecule has 108 valence electrons. The van der Waals surface area contributed by atoms with Gasteiger partial charge in [0.05, 0.1) is 23.1 Å². The van der Waals surface area contributed by atoms with Crippen LogP contribution in [0.1, 0.15) is 23.7 Å². The first-order valence-electron chi connectivity index (χ1n) is 6.17. The van der Waals surface area contributed by atoms with E-state index in [1.54, 1.807) is 0 Å². The van der Waals surface area contributed by atoms with E-state index < -0.39 is 10.8 Å². The maximum atomic E-state index is 12.4. The van der Waals surface area contributed by atoms with Gasteiger partial charge in [-0.2, -0.15) is 0 Å². The number of aliphatic hydroxyl groups is 1. The lowest BCUT2D eigenvalue weighted by Gasteiger charge is -2.25. The zero-order valence-electron chi connectivity index (χ0n) is 10.8. The summed E-state index contributed by atoms with van der Waals surface area (Å²) in [5.74, 6) is -0.260. The third-order valence-corrected chi connectivity index (χ3v) is 3.90. The number of hydrogen-bond acceptors (Lipinski definition) is 5. The van der Waals surface area contributed by atoms with Crippen LogP contribution in [0.3, 0.4) is 0 Å². The molecule has 1 aliphatic heterocycles. The first-order chi connectivity index (χ1) is 9.45. The Kier molecular flexibility index (Phi) is 4.20. The van der Waals surface area contributed by atoms with Gasteiger partial charge in [-0.1, -0.05) is 18.5 Å². The molecular formula is C12H14ClN3O4. The Morgan fingerprint density at radius 3 is 3.00 bits per heavy atom. The van der Waals surface area contributed by atoms with Crippen LogP contribution in [0, 0.1) is 16.0 Å². The maximum absolute atomic E-state index is 12.4. The van der Waals surface area contributed by atoms with E-state index >= 15 is 0 Å². The highest BCUT2D eigenvalue weighted by atomic mass is 35.5. The van der Waals surface area contributed by atoms with Gasteiger partial charge in [0.15, 0.2) is 0 Å². The Labute approximate surface area is 120 Å². The van der Waals surface area contributed by atoms with Gasteiger partial charge < -0.3 is 10.0 Å². The lowest BCUT2D eigenvalue weighted by molar-refractivity contribution is -0.385. The van der Waals surface area contributed by atoms with Gasteiger partial charge in [-0.05, 0) is 12.3 Å². The first-order valence-corrected chi connectivity index (χ1v) is 6.55. The van der Waals surface area contributed by atoms with Crippen LogP contribution in [0.25, 0.3) is 0 Å². The average molecular weight is 300 g/mol. The molecule has 20 heavy (non-hydrogen) atoms. The monoisotopic (exact) mass is 299 g/mol. The molecule has 0 saturated carbocycles. The van der Waals surface area contributed by atoms with Crippen molar-refractivity contribution in [3.05, 3.63) is 33.1 Å². The zero-order chi connectivity index (χ0) is 14.9. The number of rotatable bonds is 3. The summed E-state index contributed by atoms with van der Waals surface area (Å²) >= 11 is 5.86. The molecule has 2 heterocycles. The summed E-state index contributed by atoms with van der Waals surface area (Å²) in [6.07, 6.45) is 1.78. The number of nitrogens with zero attached hydrogens (tertiary/aromatic N) is 3. The van der Waals surface area contributed by atoms with Crippen LogP contribution in [-0.4, -0.2) is 45.0 Å². The Morgan fingerprint density at radius 2 is 2.40 bits per heavy atom. The third-order valence-electron chi connectivity index (χ3n) is 3.60. The summed E-state index contributed by atoms with van der Waals surface area (Å²) < 4.78 is 0. The zero-order valence-corrected chi connectivity index (χ0v) is 11.6. The molecule has 7 nitrogen and oxygen atoms in total. The fourth-order valence-electron chi connectivity index (χ4n) is 2.38. The van der Waals surface area contributed by atoms with Gasteiger partial charge in [-0.3, -0.25) is 14.9 Å². The summed E-state index contributed by atoms with van der Waals surface area (Å²) in [5.41, 5.74) is -0.293.